The molecule has 0 fully saturated rings. The van der Waals surface area contributed by atoms with Gasteiger partial charge in [-0.15, -0.1) is 10.2 Å². The van der Waals surface area contributed by atoms with E-state index in [1.807, 2.05) is 13.8 Å². The standard InChI is InChI=1S/C13H13F4N3O2S2/c1-7(2)11-18-19-12(20(11)3)23-9-5-4-8(14)6-10(9)24(21,22)13(15,16)17/h4-7H,1-3H3. The molecule has 0 aliphatic rings. The largest absolute Gasteiger partial charge is 0.501 e. The zero-order valence-corrected chi connectivity index (χ0v) is 14.4. The fraction of sp³-hybridized carbons (Fsp3) is 0.385. The lowest BCUT2D eigenvalue weighted by Crippen LogP contribution is -2.24. The van der Waals surface area contributed by atoms with Crippen molar-refractivity contribution in [2.45, 2.75) is 40.2 Å². The van der Waals surface area contributed by atoms with E-state index in [9.17, 15) is 26.0 Å². The molecule has 0 atom stereocenters. The molecule has 0 unspecified atom stereocenters. The Balaban J connectivity index is 2.54. The van der Waals surface area contributed by atoms with Crippen LogP contribution in [-0.2, 0) is 16.9 Å². The first-order valence-corrected chi connectivity index (χ1v) is 8.93. The van der Waals surface area contributed by atoms with E-state index in [-0.39, 0.29) is 16.0 Å². The molecule has 24 heavy (non-hydrogen) atoms. The molecular weight excluding hydrogens is 370 g/mol. The Morgan fingerprint density at radius 3 is 2.33 bits per heavy atom. The van der Waals surface area contributed by atoms with Crippen molar-refractivity contribution in [3.8, 4) is 0 Å². The minimum atomic E-state index is -5.69. The minimum absolute atomic E-state index is 0.0171. The Hall–Kier alpha value is -1.62. The van der Waals surface area contributed by atoms with Crippen molar-refractivity contribution >= 4 is 21.6 Å². The molecule has 2 aromatic rings. The van der Waals surface area contributed by atoms with Gasteiger partial charge in [0, 0.05) is 17.9 Å². The number of hydrogen-bond donors (Lipinski definition) is 0. The molecule has 11 heteroatoms. The van der Waals surface area contributed by atoms with Crippen LogP contribution in [0.3, 0.4) is 0 Å². The zero-order chi connectivity index (χ0) is 18.3. The summed E-state index contributed by atoms with van der Waals surface area (Å²) >= 11 is 0.674. The smallest absolute Gasteiger partial charge is 0.309 e. The normalized spacial score (nSPS) is 12.8. The third-order valence-corrected chi connectivity index (χ3v) is 5.86. The molecule has 1 heterocycles. The average Bonchev–Trinajstić information content (AvgIpc) is 2.81. The summed E-state index contributed by atoms with van der Waals surface area (Å²) in [5, 5.41) is 7.96. The summed E-state index contributed by atoms with van der Waals surface area (Å²) in [5.74, 6) is -0.480. The quantitative estimate of drug-likeness (QED) is 0.756. The first-order chi connectivity index (χ1) is 10.9. The topological polar surface area (TPSA) is 64.8 Å². The second-order valence-corrected chi connectivity index (χ2v) is 8.12. The van der Waals surface area contributed by atoms with Gasteiger partial charge in [0.15, 0.2) is 5.16 Å². The summed E-state index contributed by atoms with van der Waals surface area (Å²) in [6, 6.07) is 2.21. The Morgan fingerprint density at radius 2 is 1.83 bits per heavy atom. The molecule has 132 valence electrons. The summed E-state index contributed by atoms with van der Waals surface area (Å²) in [5.41, 5.74) is -5.53. The van der Waals surface area contributed by atoms with Crippen LogP contribution in [0.5, 0.6) is 0 Å². The van der Waals surface area contributed by atoms with Crippen molar-refractivity contribution in [2.24, 2.45) is 7.05 Å². The van der Waals surface area contributed by atoms with Gasteiger partial charge in [0.2, 0.25) is 0 Å². The molecule has 1 aromatic heterocycles. The molecule has 0 radical (unpaired) electrons. The first kappa shape index (κ1) is 18.7. The van der Waals surface area contributed by atoms with E-state index in [1.54, 1.807) is 11.6 Å². The number of aromatic nitrogens is 3. The van der Waals surface area contributed by atoms with E-state index >= 15 is 0 Å². The van der Waals surface area contributed by atoms with Crippen LogP contribution >= 0.6 is 11.8 Å². The fourth-order valence-electron chi connectivity index (χ4n) is 1.92. The SMILES string of the molecule is CC(C)c1nnc(Sc2ccc(F)cc2S(=O)(=O)C(F)(F)F)n1C. The zero-order valence-electron chi connectivity index (χ0n) is 12.8. The van der Waals surface area contributed by atoms with Gasteiger partial charge in [-0.25, -0.2) is 12.8 Å². The maximum atomic E-state index is 13.3. The maximum absolute atomic E-state index is 13.3. The maximum Gasteiger partial charge on any atom is 0.501 e. The van der Waals surface area contributed by atoms with Crippen LogP contribution in [0.2, 0.25) is 0 Å². The van der Waals surface area contributed by atoms with E-state index in [0.29, 0.717) is 23.7 Å². The average molecular weight is 383 g/mol. The Morgan fingerprint density at radius 1 is 1.21 bits per heavy atom. The summed E-state index contributed by atoms with van der Waals surface area (Å²) in [6.45, 7) is 3.71. The number of sulfone groups is 1. The summed E-state index contributed by atoms with van der Waals surface area (Å²) in [4.78, 5) is -1.42. The Kier molecular flexibility index (Phi) is 4.96. The number of benzene rings is 1. The van der Waals surface area contributed by atoms with Crippen LogP contribution in [0, 0.1) is 5.82 Å². The molecule has 5 nitrogen and oxygen atoms in total. The second-order valence-electron chi connectivity index (χ2n) is 5.20. The first-order valence-electron chi connectivity index (χ1n) is 6.63. The van der Waals surface area contributed by atoms with Gasteiger partial charge in [0.25, 0.3) is 9.84 Å². The third-order valence-electron chi connectivity index (χ3n) is 3.09. The van der Waals surface area contributed by atoms with Crippen LogP contribution in [-0.4, -0.2) is 28.7 Å². The monoisotopic (exact) mass is 383 g/mol. The van der Waals surface area contributed by atoms with Crippen molar-refractivity contribution in [3.05, 3.63) is 29.8 Å². The summed E-state index contributed by atoms with van der Waals surface area (Å²) in [6.07, 6.45) is 0. The second kappa shape index (κ2) is 6.36. The minimum Gasteiger partial charge on any atom is -0.309 e. The van der Waals surface area contributed by atoms with Crippen molar-refractivity contribution in [1.82, 2.24) is 14.8 Å². The predicted octanol–water partition coefficient (Wildman–Crippen LogP) is 3.52. The van der Waals surface area contributed by atoms with Crippen molar-refractivity contribution in [2.75, 3.05) is 0 Å². The van der Waals surface area contributed by atoms with Gasteiger partial charge in [0.05, 0.1) is 4.90 Å². The van der Waals surface area contributed by atoms with Crippen LogP contribution in [0.25, 0.3) is 0 Å². The lowest BCUT2D eigenvalue weighted by atomic mass is 10.2. The number of halogens is 4. The highest BCUT2D eigenvalue weighted by atomic mass is 32.2. The van der Waals surface area contributed by atoms with Gasteiger partial charge in [-0.2, -0.15) is 13.2 Å². The third kappa shape index (κ3) is 3.41. The Bertz CT molecular complexity index is 861. The molecule has 0 spiro atoms. The van der Waals surface area contributed by atoms with Gasteiger partial charge < -0.3 is 4.57 Å². The van der Waals surface area contributed by atoms with Crippen molar-refractivity contribution < 1.29 is 26.0 Å². The predicted molar refractivity (Wildman–Crippen MR) is 78.9 cm³/mol. The molecule has 0 saturated heterocycles. The molecule has 0 aliphatic heterocycles. The molecule has 2 rings (SSSR count). The highest BCUT2D eigenvalue weighted by Crippen LogP contribution is 2.38. The van der Waals surface area contributed by atoms with E-state index in [1.165, 1.54) is 0 Å². The highest BCUT2D eigenvalue weighted by molar-refractivity contribution is 8.00. The summed E-state index contributed by atoms with van der Waals surface area (Å²) < 4.78 is 76.6. The van der Waals surface area contributed by atoms with Gasteiger partial charge in [-0.3, -0.25) is 0 Å². The lowest BCUT2D eigenvalue weighted by molar-refractivity contribution is -0.0437. The molecule has 1 aromatic carbocycles. The number of rotatable bonds is 4. The van der Waals surface area contributed by atoms with Crippen LogP contribution in [0.4, 0.5) is 17.6 Å². The molecule has 0 saturated carbocycles. The number of hydrogen-bond acceptors (Lipinski definition) is 5. The molecule has 0 aliphatic carbocycles. The molecule has 0 N–H and O–H groups in total. The van der Waals surface area contributed by atoms with Crippen molar-refractivity contribution in [3.63, 3.8) is 0 Å². The van der Waals surface area contributed by atoms with Crippen LogP contribution in [0.15, 0.2) is 33.1 Å². The van der Waals surface area contributed by atoms with E-state index < -0.39 is 26.1 Å². The molecular formula is C13H13F4N3O2S2. The van der Waals surface area contributed by atoms with Gasteiger partial charge in [0.1, 0.15) is 11.6 Å². The number of nitrogens with zero attached hydrogens (tertiary/aromatic N) is 3. The van der Waals surface area contributed by atoms with Crippen LogP contribution in [0.1, 0.15) is 25.6 Å². The number of alkyl halides is 3. The Labute approximate surface area is 140 Å². The highest BCUT2D eigenvalue weighted by Gasteiger charge is 2.48. The summed E-state index contributed by atoms with van der Waals surface area (Å²) in [7, 11) is -4.08. The van der Waals surface area contributed by atoms with Crippen molar-refractivity contribution in [1.29, 1.82) is 0 Å². The lowest BCUT2D eigenvalue weighted by Gasteiger charge is -2.12. The van der Waals surface area contributed by atoms with Crippen LogP contribution < -0.4 is 0 Å². The molecule has 0 bridgehead atoms. The fourth-order valence-corrected chi connectivity index (χ4v) is 4.03. The van der Waals surface area contributed by atoms with E-state index in [0.717, 1.165) is 12.1 Å². The van der Waals surface area contributed by atoms with E-state index in [2.05, 4.69) is 10.2 Å². The van der Waals surface area contributed by atoms with Gasteiger partial charge >= 0.3 is 5.51 Å². The van der Waals surface area contributed by atoms with E-state index in [4.69, 9.17) is 0 Å². The van der Waals surface area contributed by atoms with Gasteiger partial charge in [-0.1, -0.05) is 13.8 Å². The molecule has 0 amide bonds. The van der Waals surface area contributed by atoms with Gasteiger partial charge in [-0.05, 0) is 30.0 Å².